The summed E-state index contributed by atoms with van der Waals surface area (Å²) in [7, 11) is 1.67. The lowest BCUT2D eigenvalue weighted by molar-refractivity contribution is -0.125. The van der Waals surface area contributed by atoms with Crippen LogP contribution in [0.3, 0.4) is 0 Å². The van der Waals surface area contributed by atoms with Crippen LogP contribution in [0, 0.1) is 24.7 Å². The number of methoxy groups -OCH3 is 1. The fraction of sp³-hybridized carbons (Fsp3) is 0.588. The Balaban J connectivity index is 1.57. The van der Waals surface area contributed by atoms with E-state index in [0.29, 0.717) is 24.4 Å². The molecule has 4 nitrogen and oxygen atoms in total. The van der Waals surface area contributed by atoms with Crippen LogP contribution >= 0.6 is 0 Å². The number of amides is 1. The van der Waals surface area contributed by atoms with Gasteiger partial charge >= 0.3 is 0 Å². The minimum Gasteiger partial charge on any atom is -0.496 e. The van der Waals surface area contributed by atoms with Crippen molar-refractivity contribution in [1.29, 1.82) is 0 Å². The second kappa shape index (κ2) is 5.68. The van der Waals surface area contributed by atoms with E-state index in [9.17, 15) is 4.79 Å². The van der Waals surface area contributed by atoms with Crippen LogP contribution in [0.1, 0.15) is 30.4 Å². The van der Waals surface area contributed by atoms with E-state index in [1.807, 2.05) is 25.1 Å². The maximum absolute atomic E-state index is 12.3. The monoisotopic (exact) mass is 288 g/mol. The molecule has 0 spiro atoms. The van der Waals surface area contributed by atoms with Gasteiger partial charge in [0.25, 0.3) is 0 Å². The van der Waals surface area contributed by atoms with Crippen LogP contribution in [0.15, 0.2) is 18.2 Å². The lowest BCUT2D eigenvalue weighted by Gasteiger charge is -2.37. The Labute approximate surface area is 126 Å². The van der Waals surface area contributed by atoms with Gasteiger partial charge in [-0.25, -0.2) is 0 Å². The zero-order valence-corrected chi connectivity index (χ0v) is 12.8. The third-order valence-electron chi connectivity index (χ3n) is 5.31. The minimum atomic E-state index is 0.152. The molecule has 21 heavy (non-hydrogen) atoms. The number of nitrogens with one attached hydrogen (secondary N) is 1. The van der Waals surface area contributed by atoms with E-state index < -0.39 is 0 Å². The van der Waals surface area contributed by atoms with Crippen molar-refractivity contribution < 1.29 is 9.53 Å². The highest BCUT2D eigenvalue weighted by atomic mass is 16.5. The highest BCUT2D eigenvalue weighted by Gasteiger charge is 2.47. The topological polar surface area (TPSA) is 64.3 Å². The molecule has 1 aromatic rings. The van der Waals surface area contributed by atoms with Gasteiger partial charge in [-0.3, -0.25) is 4.79 Å². The van der Waals surface area contributed by atoms with Crippen LogP contribution < -0.4 is 15.8 Å². The lowest BCUT2D eigenvalue weighted by Crippen LogP contribution is -2.44. The first-order valence-corrected chi connectivity index (χ1v) is 7.76. The van der Waals surface area contributed by atoms with Crippen molar-refractivity contribution in [2.24, 2.45) is 23.5 Å². The number of rotatable bonds is 4. The molecule has 114 valence electrons. The number of hydrogen-bond acceptors (Lipinski definition) is 3. The minimum absolute atomic E-state index is 0.152. The first kappa shape index (κ1) is 14.4. The molecule has 0 bridgehead atoms. The van der Waals surface area contributed by atoms with E-state index in [1.165, 1.54) is 0 Å². The molecular formula is C17H24N2O2. The summed E-state index contributed by atoms with van der Waals surface area (Å²) in [5.41, 5.74) is 8.20. The van der Waals surface area contributed by atoms with Crippen molar-refractivity contribution in [2.45, 2.75) is 38.8 Å². The maximum atomic E-state index is 12.3. The summed E-state index contributed by atoms with van der Waals surface area (Å²) in [4.78, 5) is 12.3. The average molecular weight is 288 g/mol. The molecule has 1 aromatic carbocycles. The van der Waals surface area contributed by atoms with Crippen LogP contribution in [-0.4, -0.2) is 19.1 Å². The van der Waals surface area contributed by atoms with Crippen LogP contribution in [0.2, 0.25) is 0 Å². The van der Waals surface area contributed by atoms with Crippen molar-refractivity contribution in [3.05, 3.63) is 29.3 Å². The van der Waals surface area contributed by atoms with Gasteiger partial charge in [0.05, 0.1) is 7.11 Å². The van der Waals surface area contributed by atoms with Gasteiger partial charge in [0.2, 0.25) is 5.91 Å². The molecule has 1 amide bonds. The fourth-order valence-electron chi connectivity index (χ4n) is 3.89. The molecule has 4 atom stereocenters. The summed E-state index contributed by atoms with van der Waals surface area (Å²) >= 11 is 0. The van der Waals surface area contributed by atoms with Crippen molar-refractivity contribution in [2.75, 3.05) is 7.11 Å². The van der Waals surface area contributed by atoms with E-state index in [0.717, 1.165) is 36.1 Å². The number of ether oxygens (including phenoxy) is 1. The molecular weight excluding hydrogens is 264 g/mol. The molecule has 2 aliphatic rings. The Hall–Kier alpha value is -1.55. The average Bonchev–Trinajstić information content (AvgIpc) is 2.83. The van der Waals surface area contributed by atoms with E-state index in [1.54, 1.807) is 7.11 Å². The zero-order chi connectivity index (χ0) is 15.0. The summed E-state index contributed by atoms with van der Waals surface area (Å²) in [5, 5.41) is 3.08. The lowest BCUT2D eigenvalue weighted by atomic mass is 9.72. The van der Waals surface area contributed by atoms with Gasteiger partial charge in [0.15, 0.2) is 0 Å². The third kappa shape index (κ3) is 2.64. The van der Waals surface area contributed by atoms with E-state index in [-0.39, 0.29) is 11.8 Å². The summed E-state index contributed by atoms with van der Waals surface area (Å²) in [6, 6.07) is 6.26. The summed E-state index contributed by atoms with van der Waals surface area (Å²) < 4.78 is 5.31. The highest BCUT2D eigenvalue weighted by Crippen LogP contribution is 2.48. The Kier molecular flexibility index (Phi) is 3.89. The molecule has 4 heteroatoms. The number of carbonyl (C=O) groups is 1. The molecule has 0 aliphatic heterocycles. The second-order valence-corrected chi connectivity index (χ2v) is 6.45. The molecule has 0 saturated heterocycles. The molecule has 0 heterocycles. The fourth-order valence-corrected chi connectivity index (χ4v) is 3.89. The standard InChI is InChI=1S/C17H24N2O2/c1-10-11(4-3-5-16(10)21-2)9-19-17(20)13-6-12-8-15(18)14(12)7-13/h3-5,12-15H,6-9,18H2,1-2H3,(H,19,20). The largest absolute Gasteiger partial charge is 0.496 e. The van der Waals surface area contributed by atoms with Gasteiger partial charge in [-0.2, -0.15) is 0 Å². The van der Waals surface area contributed by atoms with Crippen molar-refractivity contribution in [1.82, 2.24) is 5.32 Å². The number of nitrogens with two attached hydrogens (primary N) is 1. The normalized spacial score (nSPS) is 30.4. The molecule has 2 aliphatic carbocycles. The number of benzene rings is 1. The molecule has 0 radical (unpaired) electrons. The van der Waals surface area contributed by atoms with Gasteiger partial charge in [0, 0.05) is 18.5 Å². The van der Waals surface area contributed by atoms with Gasteiger partial charge in [0.1, 0.15) is 5.75 Å². The summed E-state index contributed by atoms with van der Waals surface area (Å²) in [6.45, 7) is 2.59. The summed E-state index contributed by atoms with van der Waals surface area (Å²) in [6.07, 6.45) is 3.08. The quantitative estimate of drug-likeness (QED) is 0.890. The molecule has 3 rings (SSSR count). The van der Waals surface area contributed by atoms with Crippen LogP contribution in [0.5, 0.6) is 5.75 Å². The maximum Gasteiger partial charge on any atom is 0.223 e. The molecule has 3 N–H and O–H groups in total. The third-order valence-corrected chi connectivity index (χ3v) is 5.31. The Morgan fingerprint density at radius 1 is 1.38 bits per heavy atom. The van der Waals surface area contributed by atoms with Gasteiger partial charge < -0.3 is 15.8 Å². The Morgan fingerprint density at radius 2 is 2.19 bits per heavy atom. The number of fused-ring (bicyclic) bond motifs is 1. The smallest absolute Gasteiger partial charge is 0.223 e. The van der Waals surface area contributed by atoms with Gasteiger partial charge in [-0.05, 0) is 55.2 Å². The first-order chi connectivity index (χ1) is 10.1. The number of carbonyl (C=O) groups excluding carboxylic acids is 1. The second-order valence-electron chi connectivity index (χ2n) is 6.45. The number of hydrogen-bond donors (Lipinski definition) is 2. The van der Waals surface area contributed by atoms with E-state index in [2.05, 4.69) is 5.32 Å². The van der Waals surface area contributed by atoms with Crippen molar-refractivity contribution in [3.63, 3.8) is 0 Å². The van der Waals surface area contributed by atoms with E-state index in [4.69, 9.17) is 10.5 Å². The first-order valence-electron chi connectivity index (χ1n) is 7.76. The molecule has 2 saturated carbocycles. The molecule has 2 fully saturated rings. The van der Waals surface area contributed by atoms with Crippen LogP contribution in [0.4, 0.5) is 0 Å². The highest BCUT2D eigenvalue weighted by molar-refractivity contribution is 5.79. The predicted molar refractivity (Wildman–Crippen MR) is 81.9 cm³/mol. The zero-order valence-electron chi connectivity index (χ0n) is 12.8. The molecule has 0 aromatic heterocycles. The van der Waals surface area contributed by atoms with Crippen LogP contribution in [-0.2, 0) is 11.3 Å². The molecule has 4 unspecified atom stereocenters. The van der Waals surface area contributed by atoms with Gasteiger partial charge in [-0.1, -0.05) is 12.1 Å². The Morgan fingerprint density at radius 3 is 2.86 bits per heavy atom. The van der Waals surface area contributed by atoms with Crippen molar-refractivity contribution in [3.8, 4) is 5.75 Å². The SMILES string of the molecule is COc1cccc(CNC(=O)C2CC3CC(N)C3C2)c1C. The van der Waals surface area contributed by atoms with E-state index >= 15 is 0 Å². The summed E-state index contributed by atoms with van der Waals surface area (Å²) in [5.74, 6) is 2.47. The van der Waals surface area contributed by atoms with Crippen LogP contribution in [0.25, 0.3) is 0 Å². The van der Waals surface area contributed by atoms with Crippen molar-refractivity contribution >= 4 is 5.91 Å². The predicted octanol–water partition coefficient (Wildman–Crippen LogP) is 1.99. The Bertz CT molecular complexity index is 544. The van der Waals surface area contributed by atoms with Gasteiger partial charge in [-0.15, -0.1) is 0 Å².